The van der Waals surface area contributed by atoms with Gasteiger partial charge in [0.25, 0.3) is 0 Å². The van der Waals surface area contributed by atoms with Gasteiger partial charge in [0.1, 0.15) is 17.1 Å². The molecule has 0 saturated heterocycles. The van der Waals surface area contributed by atoms with Crippen LogP contribution in [0.4, 0.5) is 5.69 Å². The Morgan fingerprint density at radius 1 is 0.722 bits per heavy atom. The first-order valence-electron chi connectivity index (χ1n) is 17.6. The van der Waals surface area contributed by atoms with Crippen LogP contribution < -0.4 is 21.4 Å². The van der Waals surface area contributed by atoms with E-state index in [0.29, 0.717) is 119 Å². The predicted molar refractivity (Wildman–Crippen MR) is 206 cm³/mol. The number of thiocarbonyl (C=S) groups is 1. The number of aromatic carboxylic acids is 1. The number of carbonyl (C=O) groups is 2. The molecule has 2 aromatic carbocycles. The zero-order valence-corrected chi connectivity index (χ0v) is 31.0. The number of hydrogen-bond donors (Lipinski definition) is 5. The molecule has 2 aliphatic rings. The van der Waals surface area contributed by atoms with E-state index in [1.165, 1.54) is 30.3 Å². The Hall–Kier alpha value is -4.68. The van der Waals surface area contributed by atoms with E-state index >= 15 is 0 Å². The van der Waals surface area contributed by atoms with Crippen molar-refractivity contribution in [1.29, 1.82) is 0 Å². The lowest BCUT2D eigenvalue weighted by Gasteiger charge is -2.18. The number of aromatic hydroxyl groups is 1. The monoisotopic (exact) mass is 769 g/mol. The van der Waals surface area contributed by atoms with Crippen molar-refractivity contribution in [2.45, 2.75) is 13.3 Å². The van der Waals surface area contributed by atoms with Crippen LogP contribution in [0.5, 0.6) is 5.75 Å². The number of benzene rings is 3. The van der Waals surface area contributed by atoms with Crippen molar-refractivity contribution in [3.05, 3.63) is 70.4 Å². The summed E-state index contributed by atoms with van der Waals surface area (Å²) in [5.41, 5.74) is 1.89. The molecule has 292 valence electrons. The van der Waals surface area contributed by atoms with Crippen LogP contribution in [0.2, 0.25) is 0 Å². The highest BCUT2D eigenvalue weighted by atomic mass is 32.1. The summed E-state index contributed by atoms with van der Waals surface area (Å²) in [6.07, 6.45) is 0.187. The average Bonchev–Trinajstić information content (AvgIpc) is 3.15. The number of phenolic OH excluding ortho intramolecular Hbond substituents is 1. The summed E-state index contributed by atoms with van der Waals surface area (Å²) in [4.78, 5) is 36.7. The van der Waals surface area contributed by atoms with Crippen molar-refractivity contribution in [2.75, 3.05) is 97.7 Å². The number of fused-ring (bicyclic) bond motifs is 2. The van der Waals surface area contributed by atoms with Crippen LogP contribution in [0.25, 0.3) is 33.4 Å². The summed E-state index contributed by atoms with van der Waals surface area (Å²) in [6.45, 7) is 8.24. The van der Waals surface area contributed by atoms with E-state index < -0.39 is 5.97 Å². The zero-order chi connectivity index (χ0) is 38.5. The Kier molecular flexibility index (Phi) is 18.1. The van der Waals surface area contributed by atoms with E-state index in [0.717, 1.165) is 0 Å². The van der Waals surface area contributed by atoms with Gasteiger partial charge in [0.2, 0.25) is 5.91 Å². The van der Waals surface area contributed by atoms with E-state index in [4.69, 9.17) is 45.1 Å². The Labute approximate surface area is 318 Å². The number of hydrogen-bond acceptors (Lipinski definition) is 12. The highest BCUT2D eigenvalue weighted by Crippen LogP contribution is 2.42. The third kappa shape index (κ3) is 13.9. The first-order chi connectivity index (χ1) is 26.3. The molecule has 16 heteroatoms. The molecule has 15 nitrogen and oxygen atoms in total. The van der Waals surface area contributed by atoms with Crippen LogP contribution in [0.3, 0.4) is 0 Å². The molecule has 4 rings (SSSR count). The van der Waals surface area contributed by atoms with E-state index in [1.807, 2.05) is 6.92 Å². The third-order valence-corrected chi connectivity index (χ3v) is 7.97. The van der Waals surface area contributed by atoms with Gasteiger partial charge in [-0.05, 0) is 61.1 Å². The van der Waals surface area contributed by atoms with Gasteiger partial charge in [-0.2, -0.15) is 0 Å². The lowest BCUT2D eigenvalue weighted by molar-refractivity contribution is -0.122. The molecule has 1 heterocycles. The molecule has 2 aromatic rings. The molecule has 5 N–H and O–H groups in total. The number of carboxylic acids is 1. The molecule has 0 bridgehead atoms. The normalized spacial score (nSPS) is 11.2. The molecular weight excluding hydrogens is 722 g/mol. The van der Waals surface area contributed by atoms with Crippen molar-refractivity contribution in [2.24, 2.45) is 0 Å². The van der Waals surface area contributed by atoms with Gasteiger partial charge in [-0.3, -0.25) is 9.59 Å². The second-order valence-electron chi connectivity index (χ2n) is 11.6. The molecule has 1 amide bonds. The zero-order valence-electron chi connectivity index (χ0n) is 30.2. The van der Waals surface area contributed by atoms with Crippen LogP contribution in [0.15, 0.2) is 63.8 Å². The van der Waals surface area contributed by atoms with Gasteiger partial charge in [0.15, 0.2) is 10.5 Å². The van der Waals surface area contributed by atoms with Crippen LogP contribution in [-0.4, -0.2) is 120 Å². The molecule has 0 saturated carbocycles. The van der Waals surface area contributed by atoms with Gasteiger partial charge in [0.05, 0.1) is 78.2 Å². The van der Waals surface area contributed by atoms with Gasteiger partial charge < -0.3 is 59.0 Å². The maximum atomic E-state index is 12.5. The lowest BCUT2D eigenvalue weighted by atomic mass is 9.90. The Morgan fingerprint density at radius 2 is 1.31 bits per heavy atom. The molecule has 54 heavy (non-hydrogen) atoms. The van der Waals surface area contributed by atoms with Crippen LogP contribution in [0.1, 0.15) is 23.7 Å². The molecule has 0 fully saturated rings. The molecule has 0 aromatic heterocycles. The average molecular weight is 770 g/mol. The lowest BCUT2D eigenvalue weighted by Crippen LogP contribution is -2.36. The number of carbonyl (C=O) groups excluding carboxylic acids is 1. The fourth-order valence-corrected chi connectivity index (χ4v) is 5.44. The number of rotatable bonds is 25. The van der Waals surface area contributed by atoms with Gasteiger partial charge in [-0.15, -0.1) is 0 Å². The summed E-state index contributed by atoms with van der Waals surface area (Å²) in [5, 5.41) is 29.8. The molecule has 0 spiro atoms. The van der Waals surface area contributed by atoms with Crippen molar-refractivity contribution in [3.8, 4) is 28.2 Å². The molecule has 0 radical (unpaired) electrons. The number of nitrogens with one attached hydrogen (secondary N) is 3. The van der Waals surface area contributed by atoms with E-state index in [-0.39, 0.29) is 46.5 Å². The topological polar surface area (TPSA) is 196 Å². The molecule has 0 atom stereocenters. The quantitative estimate of drug-likeness (QED) is 0.0370. The van der Waals surface area contributed by atoms with Crippen molar-refractivity contribution in [1.82, 2.24) is 10.6 Å². The number of phenols is 1. The van der Waals surface area contributed by atoms with E-state index in [2.05, 4.69) is 16.0 Å². The van der Waals surface area contributed by atoms with Crippen molar-refractivity contribution in [3.63, 3.8) is 0 Å². The second-order valence-corrected chi connectivity index (χ2v) is 12.0. The fourth-order valence-electron chi connectivity index (χ4n) is 5.22. The second kappa shape index (κ2) is 23.2. The van der Waals surface area contributed by atoms with Crippen molar-refractivity contribution >= 4 is 45.9 Å². The minimum absolute atomic E-state index is 0.0187. The number of anilines is 1. The van der Waals surface area contributed by atoms with Gasteiger partial charge in [-0.25, -0.2) is 4.79 Å². The highest BCUT2D eigenvalue weighted by molar-refractivity contribution is 7.80. The molecule has 0 unspecified atom stereocenters. The maximum absolute atomic E-state index is 12.5. The third-order valence-electron chi connectivity index (χ3n) is 7.72. The minimum Gasteiger partial charge on any atom is -0.508 e. The summed E-state index contributed by atoms with van der Waals surface area (Å²) >= 11 is 5.38. The molecular formula is C38H47N3O12S. The standard InChI is InChI=1S/C38H47N3O12S/c1-2-47-13-14-49-17-18-51-21-22-52-20-19-50-16-15-48-12-9-35(44)39-10-11-40-38(54)41-26-3-6-29(32(23-26)37(45)46)36-30-7-4-27(42)24-33(30)53-34-25-28(43)5-8-31(34)36/h3-8,23-25,42H,2,9-22H2,1H3,(H,39,44)(H,45,46)(H2,40,41,54). The largest absolute Gasteiger partial charge is 0.508 e. The van der Waals surface area contributed by atoms with Gasteiger partial charge >= 0.3 is 5.97 Å². The fraction of sp³-hybridized carbons (Fsp3) is 0.421. The van der Waals surface area contributed by atoms with Gasteiger partial charge in [0, 0.05) is 60.5 Å². The maximum Gasteiger partial charge on any atom is 0.336 e. The van der Waals surface area contributed by atoms with Gasteiger partial charge in [-0.1, -0.05) is 6.07 Å². The van der Waals surface area contributed by atoms with E-state index in [1.54, 1.807) is 24.3 Å². The summed E-state index contributed by atoms with van der Waals surface area (Å²) in [6, 6.07) is 13.6. The Balaban J connectivity index is 1.10. The van der Waals surface area contributed by atoms with Crippen LogP contribution in [0, 0.1) is 0 Å². The Morgan fingerprint density at radius 3 is 1.94 bits per heavy atom. The van der Waals surface area contributed by atoms with Crippen molar-refractivity contribution < 1.29 is 52.6 Å². The minimum atomic E-state index is -1.18. The Bertz CT molecular complexity index is 1840. The first-order valence-corrected chi connectivity index (χ1v) is 18.0. The highest BCUT2D eigenvalue weighted by Gasteiger charge is 2.22. The molecule has 1 aliphatic carbocycles. The number of amides is 1. The van der Waals surface area contributed by atoms with Crippen LogP contribution >= 0.6 is 12.2 Å². The number of ether oxygens (including phenoxy) is 6. The smallest absolute Gasteiger partial charge is 0.336 e. The van der Waals surface area contributed by atoms with E-state index in [9.17, 15) is 24.6 Å². The van der Waals surface area contributed by atoms with Crippen LogP contribution in [-0.2, 0) is 33.2 Å². The summed E-state index contributed by atoms with van der Waals surface area (Å²) < 4.78 is 38.2. The number of carboxylic acid groups (broad SMARTS) is 1. The molecule has 1 aliphatic heterocycles. The predicted octanol–water partition coefficient (Wildman–Crippen LogP) is 3.88. The summed E-state index contributed by atoms with van der Waals surface area (Å²) in [5.74, 6) is -1.14. The SMILES string of the molecule is CCOCCOCCOCCOCCOCCOCCC(=O)NCCNC(=S)Nc1ccc(-c2c3ccc(=O)cc-3oc3cc(O)ccc23)c(C(=O)O)c1. The first kappa shape index (κ1) is 42.1. The summed E-state index contributed by atoms with van der Waals surface area (Å²) in [7, 11) is 0.